The molecule has 1 heterocycles. The molecular formula is C21H22N2O4S. The van der Waals surface area contributed by atoms with Gasteiger partial charge in [-0.15, -0.1) is 0 Å². The molecule has 28 heavy (non-hydrogen) atoms. The van der Waals surface area contributed by atoms with E-state index in [-0.39, 0.29) is 12.6 Å². The molecule has 3 aromatic rings. The van der Waals surface area contributed by atoms with Gasteiger partial charge in [0.2, 0.25) is 10.0 Å². The van der Waals surface area contributed by atoms with E-state index in [9.17, 15) is 8.42 Å². The van der Waals surface area contributed by atoms with Crippen LogP contribution in [-0.4, -0.2) is 31.0 Å². The Kier molecular flexibility index (Phi) is 4.95. The molecule has 1 saturated carbocycles. The Morgan fingerprint density at radius 2 is 1.86 bits per heavy atom. The molecule has 0 bridgehead atoms. The van der Waals surface area contributed by atoms with E-state index in [0.717, 1.165) is 24.0 Å². The van der Waals surface area contributed by atoms with Crippen LogP contribution in [0, 0.1) is 6.92 Å². The summed E-state index contributed by atoms with van der Waals surface area (Å²) >= 11 is 0. The van der Waals surface area contributed by atoms with Crippen molar-refractivity contribution in [1.29, 1.82) is 0 Å². The molecule has 6 nitrogen and oxygen atoms in total. The van der Waals surface area contributed by atoms with E-state index in [1.54, 1.807) is 25.3 Å². The number of rotatable bonds is 7. The average molecular weight is 398 g/mol. The minimum atomic E-state index is -3.59. The third-order valence-corrected chi connectivity index (χ3v) is 6.74. The number of aromatic nitrogens is 1. The van der Waals surface area contributed by atoms with Gasteiger partial charge in [0.25, 0.3) is 0 Å². The van der Waals surface area contributed by atoms with Crippen LogP contribution in [0.5, 0.6) is 5.75 Å². The van der Waals surface area contributed by atoms with Crippen molar-refractivity contribution in [3.63, 3.8) is 0 Å². The van der Waals surface area contributed by atoms with Crippen molar-refractivity contribution < 1.29 is 17.7 Å². The molecule has 2 aromatic carbocycles. The van der Waals surface area contributed by atoms with Crippen LogP contribution >= 0.6 is 0 Å². The van der Waals surface area contributed by atoms with Crippen molar-refractivity contribution in [3.05, 3.63) is 65.9 Å². The van der Waals surface area contributed by atoms with Gasteiger partial charge in [0.15, 0.2) is 5.76 Å². The minimum absolute atomic E-state index is 0.0118. The van der Waals surface area contributed by atoms with E-state index in [2.05, 4.69) is 5.16 Å². The molecule has 0 saturated heterocycles. The van der Waals surface area contributed by atoms with Gasteiger partial charge in [-0.1, -0.05) is 35.0 Å². The topological polar surface area (TPSA) is 72.6 Å². The van der Waals surface area contributed by atoms with Gasteiger partial charge < -0.3 is 9.26 Å². The van der Waals surface area contributed by atoms with E-state index < -0.39 is 10.0 Å². The summed E-state index contributed by atoms with van der Waals surface area (Å²) in [6.45, 7) is 2.11. The highest BCUT2D eigenvalue weighted by Gasteiger charge is 2.38. The number of ether oxygens (including phenoxy) is 1. The summed E-state index contributed by atoms with van der Waals surface area (Å²) in [5, 5.41) is 4.10. The third-order valence-electron chi connectivity index (χ3n) is 4.83. The summed E-state index contributed by atoms with van der Waals surface area (Å²) in [5.41, 5.74) is 2.38. The Hall–Kier alpha value is -2.64. The number of para-hydroxylation sites is 1. The van der Waals surface area contributed by atoms with Gasteiger partial charge in [-0.3, -0.25) is 0 Å². The second kappa shape index (κ2) is 7.41. The highest BCUT2D eigenvalue weighted by Crippen LogP contribution is 2.35. The number of methoxy groups -OCH3 is 1. The van der Waals surface area contributed by atoms with Crippen molar-refractivity contribution in [3.8, 4) is 17.1 Å². The third kappa shape index (κ3) is 3.68. The van der Waals surface area contributed by atoms with Gasteiger partial charge in [0.1, 0.15) is 5.75 Å². The summed E-state index contributed by atoms with van der Waals surface area (Å²) in [6, 6.07) is 16.2. The van der Waals surface area contributed by atoms with Crippen LogP contribution < -0.4 is 4.74 Å². The number of benzene rings is 2. The molecule has 0 amide bonds. The van der Waals surface area contributed by atoms with Crippen molar-refractivity contribution in [2.75, 3.05) is 7.11 Å². The molecule has 0 N–H and O–H groups in total. The molecule has 1 fully saturated rings. The van der Waals surface area contributed by atoms with E-state index in [1.807, 2.05) is 43.3 Å². The molecule has 0 aliphatic heterocycles. The quantitative estimate of drug-likeness (QED) is 0.601. The summed E-state index contributed by atoms with van der Waals surface area (Å²) < 4.78 is 38.7. The fourth-order valence-corrected chi connectivity index (χ4v) is 4.80. The van der Waals surface area contributed by atoms with Crippen molar-refractivity contribution in [1.82, 2.24) is 9.46 Å². The molecule has 1 aromatic heterocycles. The van der Waals surface area contributed by atoms with Gasteiger partial charge in [-0.2, -0.15) is 4.31 Å². The van der Waals surface area contributed by atoms with Crippen LogP contribution in [0.4, 0.5) is 0 Å². The summed E-state index contributed by atoms with van der Waals surface area (Å²) in [4.78, 5) is 0.304. The van der Waals surface area contributed by atoms with Gasteiger partial charge in [-0.25, -0.2) is 8.42 Å². The maximum atomic E-state index is 13.2. The zero-order chi connectivity index (χ0) is 19.7. The zero-order valence-corrected chi connectivity index (χ0v) is 16.6. The van der Waals surface area contributed by atoms with Crippen molar-refractivity contribution >= 4 is 10.0 Å². The lowest BCUT2D eigenvalue weighted by Crippen LogP contribution is -2.32. The minimum Gasteiger partial charge on any atom is -0.496 e. The normalized spacial score (nSPS) is 14.4. The summed E-state index contributed by atoms with van der Waals surface area (Å²) in [5.74, 6) is 1.23. The van der Waals surface area contributed by atoms with Gasteiger partial charge in [0.05, 0.1) is 29.8 Å². The van der Waals surface area contributed by atoms with Crippen LogP contribution in [0.15, 0.2) is 64.0 Å². The van der Waals surface area contributed by atoms with E-state index in [0.29, 0.717) is 22.1 Å². The molecule has 0 atom stereocenters. The summed E-state index contributed by atoms with van der Waals surface area (Å²) in [6.07, 6.45) is 1.73. The number of hydrogen-bond acceptors (Lipinski definition) is 5. The predicted molar refractivity (Wildman–Crippen MR) is 105 cm³/mol. The second-order valence-electron chi connectivity index (χ2n) is 6.98. The standard InChI is InChI=1S/C21H22N2O4S/c1-15-7-11-18(12-8-15)28(24,25)23(17-9-10-17)14-16-13-21(27-22-16)19-5-3-4-6-20(19)26-2/h3-8,11-13,17H,9-10,14H2,1-2H3. The SMILES string of the molecule is COc1ccccc1-c1cc(CN(C2CC2)S(=O)(=O)c2ccc(C)cc2)no1. The van der Waals surface area contributed by atoms with E-state index >= 15 is 0 Å². The van der Waals surface area contributed by atoms with E-state index in [4.69, 9.17) is 9.26 Å². The molecular weight excluding hydrogens is 376 g/mol. The lowest BCUT2D eigenvalue weighted by molar-refractivity contribution is 0.369. The predicted octanol–water partition coefficient (Wildman–Crippen LogP) is 4.01. The van der Waals surface area contributed by atoms with Crippen LogP contribution in [-0.2, 0) is 16.6 Å². The fraction of sp³-hybridized carbons (Fsp3) is 0.286. The Balaban J connectivity index is 1.61. The van der Waals surface area contributed by atoms with Crippen LogP contribution in [0.2, 0.25) is 0 Å². The maximum Gasteiger partial charge on any atom is 0.243 e. The lowest BCUT2D eigenvalue weighted by Gasteiger charge is -2.20. The first kappa shape index (κ1) is 18.7. The van der Waals surface area contributed by atoms with Gasteiger partial charge in [-0.05, 0) is 44.0 Å². The first-order valence-electron chi connectivity index (χ1n) is 9.16. The first-order chi connectivity index (χ1) is 13.5. The van der Waals surface area contributed by atoms with Crippen molar-refractivity contribution in [2.24, 2.45) is 0 Å². The first-order valence-corrected chi connectivity index (χ1v) is 10.6. The Bertz CT molecular complexity index is 1070. The van der Waals surface area contributed by atoms with Crippen LogP contribution in [0.1, 0.15) is 24.1 Å². The number of sulfonamides is 1. The second-order valence-corrected chi connectivity index (χ2v) is 8.87. The highest BCUT2D eigenvalue weighted by atomic mass is 32.2. The lowest BCUT2D eigenvalue weighted by atomic mass is 10.1. The molecule has 7 heteroatoms. The van der Waals surface area contributed by atoms with Gasteiger partial charge >= 0.3 is 0 Å². The largest absolute Gasteiger partial charge is 0.496 e. The molecule has 1 aliphatic rings. The van der Waals surface area contributed by atoms with Crippen LogP contribution in [0.25, 0.3) is 11.3 Å². The number of nitrogens with zero attached hydrogens (tertiary/aromatic N) is 2. The molecule has 0 spiro atoms. The van der Waals surface area contributed by atoms with Gasteiger partial charge in [0, 0.05) is 12.1 Å². The maximum absolute atomic E-state index is 13.2. The zero-order valence-electron chi connectivity index (χ0n) is 15.8. The fourth-order valence-electron chi connectivity index (χ4n) is 3.14. The van der Waals surface area contributed by atoms with Crippen LogP contribution in [0.3, 0.4) is 0 Å². The number of hydrogen-bond donors (Lipinski definition) is 0. The Morgan fingerprint density at radius 1 is 1.14 bits per heavy atom. The van der Waals surface area contributed by atoms with E-state index in [1.165, 1.54) is 4.31 Å². The van der Waals surface area contributed by atoms with Crippen molar-refractivity contribution in [2.45, 2.75) is 37.2 Å². The average Bonchev–Trinajstić information content (AvgIpc) is 3.43. The highest BCUT2D eigenvalue weighted by molar-refractivity contribution is 7.89. The monoisotopic (exact) mass is 398 g/mol. The molecule has 146 valence electrons. The molecule has 1 aliphatic carbocycles. The molecule has 0 radical (unpaired) electrons. The molecule has 4 rings (SSSR count). The smallest absolute Gasteiger partial charge is 0.243 e. The Labute approximate surface area is 164 Å². The number of aryl methyl sites for hydroxylation is 1. The summed E-state index contributed by atoms with van der Waals surface area (Å²) in [7, 11) is -2.00. The molecule has 0 unspecified atom stereocenters. The Morgan fingerprint density at radius 3 is 2.54 bits per heavy atom.